The summed E-state index contributed by atoms with van der Waals surface area (Å²) in [4.78, 5) is 15.9. The van der Waals surface area contributed by atoms with Gasteiger partial charge in [0.25, 0.3) is 0 Å². The summed E-state index contributed by atoms with van der Waals surface area (Å²) in [5, 5.41) is 0.779. The fourth-order valence-corrected chi connectivity index (χ4v) is 2.12. The van der Waals surface area contributed by atoms with Gasteiger partial charge in [0.15, 0.2) is 0 Å². The van der Waals surface area contributed by atoms with Gasteiger partial charge in [-0.05, 0) is 13.0 Å². The number of piperazine rings is 1. The Hall–Kier alpha value is -0.0900. The molecule has 0 aliphatic carbocycles. The number of alkyl halides is 1. The molecule has 1 aliphatic rings. The van der Waals surface area contributed by atoms with Crippen molar-refractivity contribution in [3.63, 3.8) is 0 Å². The molecular weight excluding hydrogens is 244 g/mol. The fraction of sp³-hybridized carbons (Fsp3) is 0.900. The average molecular weight is 263 g/mol. The van der Waals surface area contributed by atoms with Crippen LogP contribution in [0.4, 0.5) is 0 Å². The topological polar surface area (TPSA) is 23.6 Å². The highest BCUT2D eigenvalue weighted by atomic mass is 79.9. The van der Waals surface area contributed by atoms with Crippen molar-refractivity contribution in [3.05, 3.63) is 0 Å². The van der Waals surface area contributed by atoms with Crippen molar-refractivity contribution in [2.24, 2.45) is 0 Å². The Morgan fingerprint density at radius 2 is 1.93 bits per heavy atom. The first-order valence-electron chi connectivity index (χ1n) is 5.34. The molecule has 1 amide bonds. The van der Waals surface area contributed by atoms with E-state index in [-0.39, 0.29) is 5.91 Å². The van der Waals surface area contributed by atoms with Crippen molar-refractivity contribution < 1.29 is 4.79 Å². The van der Waals surface area contributed by atoms with Crippen LogP contribution in [0.25, 0.3) is 0 Å². The zero-order valence-electron chi connectivity index (χ0n) is 8.84. The molecule has 0 aromatic heterocycles. The molecule has 0 aromatic rings. The molecule has 4 heteroatoms. The van der Waals surface area contributed by atoms with E-state index in [1.165, 1.54) is 13.0 Å². The van der Waals surface area contributed by atoms with Crippen LogP contribution < -0.4 is 0 Å². The molecule has 1 aliphatic heterocycles. The van der Waals surface area contributed by atoms with Crippen LogP contribution in [0.1, 0.15) is 19.8 Å². The lowest BCUT2D eigenvalue weighted by atomic mass is 10.2. The molecule has 3 nitrogen and oxygen atoms in total. The van der Waals surface area contributed by atoms with Gasteiger partial charge in [0, 0.05) is 37.9 Å². The number of nitrogens with zero attached hydrogens (tertiary/aromatic N) is 2. The fourth-order valence-electron chi connectivity index (χ4n) is 1.78. The predicted molar refractivity (Wildman–Crippen MR) is 61.7 cm³/mol. The van der Waals surface area contributed by atoms with Crippen molar-refractivity contribution >= 4 is 21.8 Å². The molecule has 1 rings (SSSR count). The van der Waals surface area contributed by atoms with Crippen LogP contribution in [0.15, 0.2) is 0 Å². The van der Waals surface area contributed by atoms with E-state index in [0.717, 1.165) is 31.5 Å². The molecule has 0 radical (unpaired) electrons. The van der Waals surface area contributed by atoms with E-state index in [0.29, 0.717) is 6.42 Å². The van der Waals surface area contributed by atoms with Gasteiger partial charge in [-0.1, -0.05) is 22.9 Å². The van der Waals surface area contributed by atoms with Gasteiger partial charge in [0.2, 0.25) is 5.91 Å². The summed E-state index contributed by atoms with van der Waals surface area (Å²) >= 11 is 3.30. The summed E-state index contributed by atoms with van der Waals surface area (Å²) in [7, 11) is 0. The molecule has 0 bridgehead atoms. The molecule has 0 atom stereocenters. The van der Waals surface area contributed by atoms with Crippen molar-refractivity contribution in [1.29, 1.82) is 0 Å². The van der Waals surface area contributed by atoms with Crippen molar-refractivity contribution in [2.45, 2.75) is 19.8 Å². The maximum atomic E-state index is 11.5. The van der Waals surface area contributed by atoms with E-state index in [4.69, 9.17) is 0 Å². The lowest BCUT2D eigenvalue weighted by Gasteiger charge is -2.34. The van der Waals surface area contributed by atoms with Crippen LogP contribution in [0.5, 0.6) is 0 Å². The van der Waals surface area contributed by atoms with Crippen molar-refractivity contribution in [3.8, 4) is 0 Å². The van der Waals surface area contributed by atoms with Gasteiger partial charge in [-0.25, -0.2) is 0 Å². The Morgan fingerprint density at radius 1 is 1.29 bits per heavy atom. The second-order valence-corrected chi connectivity index (χ2v) is 4.45. The summed E-state index contributed by atoms with van der Waals surface area (Å²) in [6, 6.07) is 0. The molecule has 1 saturated heterocycles. The highest BCUT2D eigenvalue weighted by Gasteiger charge is 2.19. The maximum absolute atomic E-state index is 11.5. The quantitative estimate of drug-likeness (QED) is 0.714. The highest BCUT2D eigenvalue weighted by molar-refractivity contribution is 9.09. The summed E-state index contributed by atoms with van der Waals surface area (Å²) in [6.45, 7) is 7.27. The largest absolute Gasteiger partial charge is 0.340 e. The maximum Gasteiger partial charge on any atom is 0.223 e. The molecule has 1 fully saturated rings. The van der Waals surface area contributed by atoms with Crippen LogP contribution in [0.2, 0.25) is 0 Å². The Kier molecular flexibility index (Phi) is 5.48. The molecule has 0 N–H and O–H groups in total. The number of rotatable bonds is 4. The molecule has 82 valence electrons. The molecule has 14 heavy (non-hydrogen) atoms. The van der Waals surface area contributed by atoms with Crippen molar-refractivity contribution in [1.82, 2.24) is 9.80 Å². The summed E-state index contributed by atoms with van der Waals surface area (Å²) in [6.07, 6.45) is 1.84. The van der Waals surface area contributed by atoms with E-state index in [1.807, 2.05) is 4.90 Å². The lowest BCUT2D eigenvalue weighted by Crippen LogP contribution is -2.48. The molecule has 0 unspecified atom stereocenters. The van der Waals surface area contributed by atoms with E-state index < -0.39 is 0 Å². The van der Waals surface area contributed by atoms with Gasteiger partial charge in [0.05, 0.1) is 0 Å². The van der Waals surface area contributed by atoms with Gasteiger partial charge < -0.3 is 4.90 Å². The van der Waals surface area contributed by atoms with E-state index in [2.05, 4.69) is 27.8 Å². The Bertz CT molecular complexity index is 179. The van der Waals surface area contributed by atoms with Gasteiger partial charge in [0.1, 0.15) is 0 Å². The number of halogens is 1. The first-order valence-corrected chi connectivity index (χ1v) is 6.46. The molecule has 0 saturated carbocycles. The normalized spacial score (nSPS) is 18.6. The van der Waals surface area contributed by atoms with Crippen LogP contribution in [0.3, 0.4) is 0 Å². The number of amides is 1. The first-order chi connectivity index (χ1) is 6.77. The highest BCUT2D eigenvalue weighted by Crippen LogP contribution is 2.05. The van der Waals surface area contributed by atoms with E-state index >= 15 is 0 Å². The minimum atomic E-state index is 0.290. The van der Waals surface area contributed by atoms with E-state index in [9.17, 15) is 4.79 Å². The van der Waals surface area contributed by atoms with Gasteiger partial charge >= 0.3 is 0 Å². The SMILES string of the molecule is CCCN1CCN(C(=O)CCBr)CC1. The lowest BCUT2D eigenvalue weighted by molar-refractivity contribution is -0.132. The first kappa shape index (κ1) is 12.0. The number of carbonyl (C=O) groups excluding carboxylic acids is 1. The van der Waals surface area contributed by atoms with Gasteiger partial charge in [-0.3, -0.25) is 9.69 Å². The smallest absolute Gasteiger partial charge is 0.223 e. The number of hydrogen-bond donors (Lipinski definition) is 0. The predicted octanol–water partition coefficient (Wildman–Crippen LogP) is 1.33. The second kappa shape index (κ2) is 6.40. The Morgan fingerprint density at radius 3 is 2.43 bits per heavy atom. The number of hydrogen-bond acceptors (Lipinski definition) is 2. The third kappa shape index (κ3) is 3.58. The second-order valence-electron chi connectivity index (χ2n) is 3.66. The van der Waals surface area contributed by atoms with Crippen LogP contribution in [-0.4, -0.2) is 53.8 Å². The molecule has 0 spiro atoms. The van der Waals surface area contributed by atoms with Gasteiger partial charge in [-0.2, -0.15) is 0 Å². The molecule has 0 aromatic carbocycles. The monoisotopic (exact) mass is 262 g/mol. The molecule has 1 heterocycles. The van der Waals surface area contributed by atoms with E-state index in [1.54, 1.807) is 0 Å². The summed E-state index contributed by atoms with van der Waals surface area (Å²) in [5.41, 5.74) is 0. The van der Waals surface area contributed by atoms with Crippen LogP contribution >= 0.6 is 15.9 Å². The van der Waals surface area contributed by atoms with Crippen LogP contribution in [0, 0.1) is 0 Å². The minimum absolute atomic E-state index is 0.290. The number of carbonyl (C=O) groups is 1. The third-order valence-electron chi connectivity index (χ3n) is 2.57. The Labute approximate surface area is 94.6 Å². The zero-order chi connectivity index (χ0) is 10.4. The summed E-state index contributed by atoms with van der Waals surface area (Å²) < 4.78 is 0. The van der Waals surface area contributed by atoms with Crippen LogP contribution in [-0.2, 0) is 4.79 Å². The minimum Gasteiger partial charge on any atom is -0.340 e. The molecular formula is C10H19BrN2O. The average Bonchev–Trinajstić information content (AvgIpc) is 2.20. The third-order valence-corrected chi connectivity index (χ3v) is 2.97. The standard InChI is InChI=1S/C10H19BrN2O/c1-2-5-12-6-8-13(9-7-12)10(14)3-4-11/h2-9H2,1H3. The zero-order valence-corrected chi connectivity index (χ0v) is 10.4. The summed E-state index contributed by atoms with van der Waals surface area (Å²) in [5.74, 6) is 0.290. The van der Waals surface area contributed by atoms with Crippen molar-refractivity contribution in [2.75, 3.05) is 38.1 Å². The Balaban J connectivity index is 2.24. The van der Waals surface area contributed by atoms with Gasteiger partial charge in [-0.15, -0.1) is 0 Å².